The van der Waals surface area contributed by atoms with Gasteiger partial charge in [-0.1, -0.05) is 191 Å². The summed E-state index contributed by atoms with van der Waals surface area (Å²) in [5, 5.41) is 0. The van der Waals surface area contributed by atoms with Crippen LogP contribution in [-0.4, -0.2) is 0 Å². The van der Waals surface area contributed by atoms with Gasteiger partial charge in [-0.15, -0.1) is 0 Å². The number of hydrogen-bond acceptors (Lipinski definition) is 2. The van der Waals surface area contributed by atoms with Gasteiger partial charge in [-0.3, -0.25) is 0 Å². The second-order valence-electron chi connectivity index (χ2n) is 28.3. The zero-order chi connectivity index (χ0) is 54.3. The Morgan fingerprint density at radius 1 is 0.554 bits per heavy atom. The second kappa shape index (κ2) is 17.5. The third-order valence-corrected chi connectivity index (χ3v) is 19.6. The fourth-order valence-electron chi connectivity index (χ4n) is 14.5. The van der Waals surface area contributed by atoms with E-state index in [9.17, 15) is 0 Å². The second-order valence-corrected chi connectivity index (χ2v) is 28.3. The minimum atomic E-state index is -0.286. The molecule has 0 fully saturated rings. The van der Waals surface area contributed by atoms with E-state index in [1.54, 1.807) is 0 Å². The third-order valence-electron chi connectivity index (χ3n) is 19.6. The molecule has 0 heterocycles. The van der Waals surface area contributed by atoms with Crippen molar-refractivity contribution in [2.75, 3.05) is 9.80 Å². The summed E-state index contributed by atoms with van der Waals surface area (Å²) in [6.45, 7) is 58.0. The lowest BCUT2D eigenvalue weighted by atomic mass is 9.59. The van der Waals surface area contributed by atoms with Gasteiger partial charge in [0.2, 0.25) is 0 Å². The van der Waals surface area contributed by atoms with E-state index in [1.165, 1.54) is 95.1 Å². The van der Waals surface area contributed by atoms with Gasteiger partial charge >= 0.3 is 0 Å². The quantitative estimate of drug-likeness (QED) is 0.136. The highest BCUT2D eigenvalue weighted by molar-refractivity contribution is 5.93. The van der Waals surface area contributed by atoms with Crippen molar-refractivity contribution in [3.63, 3.8) is 0 Å². The first-order valence-electron chi connectivity index (χ1n) is 27.9. The highest BCUT2D eigenvalue weighted by Crippen LogP contribution is 2.58. The Hall–Kier alpha value is -5.60. The van der Waals surface area contributed by atoms with Crippen LogP contribution in [0.5, 0.6) is 0 Å². The summed E-state index contributed by atoms with van der Waals surface area (Å²) in [5.41, 5.74) is 25.3. The molecule has 0 radical (unpaired) electrons. The predicted octanol–water partition coefficient (Wildman–Crippen LogP) is 20.6. The number of anilines is 4. The molecule has 0 aliphatic heterocycles. The van der Waals surface area contributed by atoms with Crippen molar-refractivity contribution in [2.45, 2.75) is 191 Å². The first-order chi connectivity index (χ1) is 34.2. The Morgan fingerprint density at radius 2 is 1.14 bits per heavy atom. The summed E-state index contributed by atoms with van der Waals surface area (Å²) in [7, 11) is 0. The normalized spacial score (nSPS) is 21.7. The van der Waals surface area contributed by atoms with Crippen molar-refractivity contribution in [1.29, 1.82) is 0 Å². The van der Waals surface area contributed by atoms with Gasteiger partial charge in [0, 0.05) is 33.6 Å². The fourth-order valence-corrected chi connectivity index (χ4v) is 14.5. The molecule has 388 valence electrons. The van der Waals surface area contributed by atoms with Crippen LogP contribution in [0.15, 0.2) is 139 Å². The average Bonchev–Trinajstić information content (AvgIpc) is 3.74. The molecule has 0 N–H and O–H groups in total. The molecule has 9 rings (SSSR count). The van der Waals surface area contributed by atoms with Crippen LogP contribution in [0.25, 0.3) is 16.7 Å². The van der Waals surface area contributed by atoms with Crippen LogP contribution >= 0.6 is 0 Å². The number of nitrogens with zero attached hydrogens (tertiary/aromatic N) is 2. The molecular formula is C72H90N2. The van der Waals surface area contributed by atoms with Gasteiger partial charge in [0.25, 0.3) is 0 Å². The zero-order valence-electron chi connectivity index (χ0n) is 49.5. The van der Waals surface area contributed by atoms with Gasteiger partial charge < -0.3 is 9.80 Å². The lowest BCUT2D eigenvalue weighted by Crippen LogP contribution is -2.43. The van der Waals surface area contributed by atoms with Gasteiger partial charge in [-0.05, 0) is 206 Å². The number of allylic oxidation sites excluding steroid dienone is 7. The first-order valence-corrected chi connectivity index (χ1v) is 27.9. The van der Waals surface area contributed by atoms with Crippen LogP contribution in [0.4, 0.5) is 22.7 Å². The van der Waals surface area contributed by atoms with Crippen LogP contribution in [0.2, 0.25) is 0 Å². The molecule has 5 aromatic rings. The van der Waals surface area contributed by atoms with Gasteiger partial charge in [-0.2, -0.15) is 0 Å². The number of hydrogen-bond donors (Lipinski definition) is 0. The molecule has 4 aliphatic carbocycles. The summed E-state index contributed by atoms with van der Waals surface area (Å²) in [4.78, 5) is 5.16. The fraction of sp³-hybridized carbons (Fsp3) is 0.444. The van der Waals surface area contributed by atoms with Gasteiger partial charge in [-0.25, -0.2) is 0 Å². The third kappa shape index (κ3) is 8.44. The van der Waals surface area contributed by atoms with Crippen molar-refractivity contribution in [2.24, 2.45) is 16.2 Å². The van der Waals surface area contributed by atoms with E-state index in [2.05, 4.69) is 258 Å². The van der Waals surface area contributed by atoms with Crippen LogP contribution in [-0.2, 0) is 27.1 Å². The lowest BCUT2D eigenvalue weighted by Gasteiger charge is -2.51. The highest BCUT2D eigenvalue weighted by Gasteiger charge is 2.47. The van der Waals surface area contributed by atoms with E-state index >= 15 is 0 Å². The van der Waals surface area contributed by atoms with E-state index in [0.29, 0.717) is 0 Å². The van der Waals surface area contributed by atoms with Crippen molar-refractivity contribution in [1.82, 2.24) is 0 Å². The lowest BCUT2D eigenvalue weighted by molar-refractivity contribution is 0.113. The van der Waals surface area contributed by atoms with Crippen LogP contribution < -0.4 is 9.80 Å². The van der Waals surface area contributed by atoms with E-state index in [0.717, 1.165) is 42.6 Å². The zero-order valence-corrected chi connectivity index (χ0v) is 49.5. The molecule has 0 atom stereocenters. The minimum Gasteiger partial charge on any atom is -0.314 e. The van der Waals surface area contributed by atoms with Crippen LogP contribution in [0.3, 0.4) is 0 Å². The Morgan fingerprint density at radius 3 is 1.78 bits per heavy atom. The topological polar surface area (TPSA) is 6.48 Å². The Balaban J connectivity index is 1.29. The Labute approximate surface area is 449 Å². The molecule has 0 unspecified atom stereocenters. The summed E-state index contributed by atoms with van der Waals surface area (Å²) < 4.78 is 0. The van der Waals surface area contributed by atoms with E-state index in [1.807, 2.05) is 0 Å². The molecule has 0 aromatic heterocycles. The smallest absolute Gasteiger partial charge is 0.0514 e. The SMILES string of the molecule is C=C(/C=C\C(=C/C)c1cccc2c1-c1ccccc1C2(C)C)N(/C1=C/C(=C)C(C)(C)CCC(C)(C)C1(C)C)c1cc(C)cc(N(c2ccc3c(c2)C(C)(C)CC3(C)C)c2cc3c(cc2C)C(C)(C)CC3(C)C)c1C. The van der Waals surface area contributed by atoms with E-state index in [4.69, 9.17) is 13.2 Å². The number of fused-ring (bicyclic) bond motifs is 5. The highest BCUT2D eigenvalue weighted by atomic mass is 15.2. The van der Waals surface area contributed by atoms with Crippen molar-refractivity contribution < 1.29 is 0 Å². The van der Waals surface area contributed by atoms with Gasteiger partial charge in [0.1, 0.15) is 0 Å². The largest absolute Gasteiger partial charge is 0.314 e. The number of benzene rings is 5. The maximum absolute atomic E-state index is 5.11. The minimum absolute atomic E-state index is 0.0367. The van der Waals surface area contributed by atoms with Crippen LogP contribution in [0.1, 0.15) is 199 Å². The molecule has 5 aromatic carbocycles. The molecule has 0 saturated heterocycles. The van der Waals surface area contributed by atoms with E-state index < -0.39 is 0 Å². The Kier molecular flexibility index (Phi) is 12.6. The number of rotatable bonds is 9. The number of aryl methyl sites for hydroxylation is 2. The standard InChI is InChI=1S/C72H90N2/c1-23-50(52-28-26-30-56-64(52)53-27-24-25-29-54(53)71(56,19)20)32-31-48(5)73(63-40-47(4)65(7,8)35-36-70(17,18)72(63,21)22)61-37-45(2)38-62(49(61)6)74(51-33-34-55-58(41-51)68(13,14)43-66(55,9)10)60-42-59-57(39-46(60)3)67(11,12)44-69(59,15)16/h23-34,37-42H,4-5,35-36,43-44H2,1-3,6-22H3/b32-31-,50-23+,63-40+. The molecule has 4 aliphatic rings. The molecule has 2 heteroatoms. The maximum atomic E-state index is 5.11. The molecule has 2 nitrogen and oxygen atoms in total. The van der Waals surface area contributed by atoms with Gasteiger partial charge in [0.15, 0.2) is 0 Å². The summed E-state index contributed by atoms with van der Waals surface area (Å²) in [5.74, 6) is 0. The molecular weight excluding hydrogens is 893 g/mol. The molecule has 0 amide bonds. The van der Waals surface area contributed by atoms with Crippen LogP contribution in [0, 0.1) is 37.0 Å². The average molecular weight is 984 g/mol. The van der Waals surface area contributed by atoms with Crippen molar-refractivity contribution in [3.8, 4) is 11.1 Å². The molecule has 0 spiro atoms. The summed E-state index contributed by atoms with van der Waals surface area (Å²) >= 11 is 0. The maximum Gasteiger partial charge on any atom is 0.0514 e. The monoisotopic (exact) mass is 983 g/mol. The molecule has 0 saturated carbocycles. The van der Waals surface area contributed by atoms with Gasteiger partial charge in [0.05, 0.1) is 11.4 Å². The first kappa shape index (κ1) is 53.2. The predicted molar refractivity (Wildman–Crippen MR) is 323 cm³/mol. The molecule has 0 bridgehead atoms. The van der Waals surface area contributed by atoms with Crippen molar-refractivity contribution >= 4 is 28.3 Å². The summed E-state index contributed by atoms with van der Waals surface area (Å²) in [6.07, 6.45) is 13.7. The van der Waals surface area contributed by atoms with Crippen molar-refractivity contribution in [3.05, 3.63) is 195 Å². The molecule has 74 heavy (non-hydrogen) atoms. The summed E-state index contributed by atoms with van der Waals surface area (Å²) in [6, 6.07) is 33.2. The Bertz CT molecular complexity index is 3250. The van der Waals surface area contributed by atoms with E-state index in [-0.39, 0.29) is 43.3 Å².